The van der Waals surface area contributed by atoms with Crippen LogP contribution in [0.15, 0.2) is 23.7 Å². The highest BCUT2D eigenvalue weighted by atomic mass is 32.1. The van der Waals surface area contributed by atoms with Gasteiger partial charge in [0.25, 0.3) is 0 Å². The first-order valence-electron chi connectivity index (χ1n) is 10.1. The van der Waals surface area contributed by atoms with Gasteiger partial charge in [-0.3, -0.25) is 0 Å². The number of unbranched alkanes of at least 4 members (excludes halogenated alkanes) is 11. The first kappa shape index (κ1) is 21.4. The Kier molecular flexibility index (Phi) is 14.1. The summed E-state index contributed by atoms with van der Waals surface area (Å²) < 4.78 is 0. The number of hydrogen-bond donors (Lipinski definition) is 1. The molecule has 0 fully saturated rings. The summed E-state index contributed by atoms with van der Waals surface area (Å²) in [4.78, 5) is 4.17. The highest BCUT2D eigenvalue weighted by molar-refractivity contribution is 7.09. The van der Waals surface area contributed by atoms with Gasteiger partial charge < -0.3 is 5.11 Å². The molecule has 0 spiro atoms. The zero-order chi connectivity index (χ0) is 17.3. The first-order chi connectivity index (χ1) is 11.8. The maximum atomic E-state index is 9.95. The molecule has 1 rings (SSSR count). The molecule has 0 aromatic carbocycles. The minimum absolute atomic E-state index is 0.352. The van der Waals surface area contributed by atoms with Crippen molar-refractivity contribution < 1.29 is 5.11 Å². The van der Waals surface area contributed by atoms with E-state index in [0.717, 1.165) is 17.8 Å². The first-order valence-corrected chi connectivity index (χ1v) is 10.9. The van der Waals surface area contributed by atoms with Crippen molar-refractivity contribution in [3.63, 3.8) is 0 Å². The predicted octanol–water partition coefficient (Wildman–Crippen LogP) is 7.21. The summed E-state index contributed by atoms with van der Waals surface area (Å²) in [5, 5.41) is 12.7. The fraction of sp³-hybridized carbons (Fsp3) is 0.762. The molecule has 0 bridgehead atoms. The summed E-state index contributed by atoms with van der Waals surface area (Å²) in [6.07, 6.45) is 24.1. The van der Waals surface area contributed by atoms with Crippen molar-refractivity contribution >= 4 is 11.3 Å². The Labute approximate surface area is 153 Å². The van der Waals surface area contributed by atoms with Crippen LogP contribution in [0.1, 0.15) is 108 Å². The van der Waals surface area contributed by atoms with Crippen molar-refractivity contribution in [2.45, 2.75) is 103 Å². The van der Waals surface area contributed by atoms with E-state index in [1.54, 1.807) is 17.5 Å². The van der Waals surface area contributed by atoms with Crippen LogP contribution in [-0.4, -0.2) is 10.1 Å². The summed E-state index contributed by atoms with van der Waals surface area (Å²) in [6.45, 7) is 2.27. The molecule has 0 saturated carbocycles. The molecule has 0 aliphatic heterocycles. The molecule has 0 amide bonds. The van der Waals surface area contributed by atoms with Crippen molar-refractivity contribution in [2.24, 2.45) is 0 Å². The van der Waals surface area contributed by atoms with Crippen LogP contribution in [0.5, 0.6) is 0 Å². The fourth-order valence-electron chi connectivity index (χ4n) is 2.93. The number of hydrogen-bond acceptors (Lipinski definition) is 3. The molecule has 1 unspecified atom stereocenters. The molecule has 24 heavy (non-hydrogen) atoms. The largest absolute Gasteiger partial charge is 0.386 e. The van der Waals surface area contributed by atoms with E-state index in [-0.39, 0.29) is 6.10 Å². The Balaban J connectivity index is 1.79. The van der Waals surface area contributed by atoms with Crippen LogP contribution in [0, 0.1) is 0 Å². The van der Waals surface area contributed by atoms with Gasteiger partial charge in [0.2, 0.25) is 0 Å². The van der Waals surface area contributed by atoms with E-state index < -0.39 is 0 Å². The number of allylic oxidation sites excluding steroid dienone is 2. The molecule has 2 nitrogen and oxygen atoms in total. The van der Waals surface area contributed by atoms with Gasteiger partial charge in [-0.05, 0) is 32.1 Å². The zero-order valence-corrected chi connectivity index (χ0v) is 16.4. The summed E-state index contributed by atoms with van der Waals surface area (Å²) in [5.74, 6) is 0. The third-order valence-electron chi connectivity index (χ3n) is 4.48. The van der Waals surface area contributed by atoms with Gasteiger partial charge in [0.15, 0.2) is 0 Å². The normalized spacial score (nSPS) is 12.9. The Hall–Kier alpha value is -0.670. The minimum Gasteiger partial charge on any atom is -0.386 e. The molecular formula is C21H37NOS. The Morgan fingerprint density at radius 3 is 2.08 bits per heavy atom. The monoisotopic (exact) mass is 351 g/mol. The summed E-state index contributed by atoms with van der Waals surface area (Å²) >= 11 is 1.55. The molecular weight excluding hydrogens is 314 g/mol. The molecule has 0 aliphatic carbocycles. The van der Waals surface area contributed by atoms with Gasteiger partial charge in [-0.1, -0.05) is 76.9 Å². The molecule has 3 heteroatoms. The maximum absolute atomic E-state index is 9.95. The molecule has 1 N–H and O–H groups in total. The lowest BCUT2D eigenvalue weighted by molar-refractivity contribution is 0.163. The van der Waals surface area contributed by atoms with Crippen molar-refractivity contribution in [3.8, 4) is 0 Å². The highest BCUT2D eigenvalue weighted by Crippen LogP contribution is 2.21. The van der Waals surface area contributed by atoms with Gasteiger partial charge in [-0.2, -0.15) is 0 Å². The van der Waals surface area contributed by atoms with Crippen LogP contribution in [-0.2, 0) is 0 Å². The van der Waals surface area contributed by atoms with E-state index in [1.165, 1.54) is 77.0 Å². The lowest BCUT2D eigenvalue weighted by atomic mass is 10.1. The highest BCUT2D eigenvalue weighted by Gasteiger charge is 2.08. The maximum Gasteiger partial charge on any atom is 0.121 e. The molecule has 1 atom stereocenters. The average Bonchev–Trinajstić information content (AvgIpc) is 3.13. The summed E-state index contributed by atoms with van der Waals surface area (Å²) in [5.41, 5.74) is 0. The van der Waals surface area contributed by atoms with Gasteiger partial charge in [-0.15, -0.1) is 11.3 Å². The minimum atomic E-state index is -0.352. The number of rotatable bonds is 16. The van der Waals surface area contributed by atoms with Crippen molar-refractivity contribution in [1.82, 2.24) is 4.98 Å². The number of thiazole rings is 1. The summed E-state index contributed by atoms with van der Waals surface area (Å²) in [6, 6.07) is 0. The number of aliphatic hydroxyl groups excluding tert-OH is 1. The SMILES string of the molecule is CCCCCCCC/C=C\CCCCCCCC(O)c1nccs1. The zero-order valence-electron chi connectivity index (χ0n) is 15.6. The Morgan fingerprint density at radius 2 is 1.50 bits per heavy atom. The van der Waals surface area contributed by atoms with Crippen LogP contribution in [0.3, 0.4) is 0 Å². The van der Waals surface area contributed by atoms with Crippen molar-refractivity contribution in [3.05, 3.63) is 28.7 Å². The second kappa shape index (κ2) is 15.8. The van der Waals surface area contributed by atoms with E-state index in [4.69, 9.17) is 0 Å². The topological polar surface area (TPSA) is 33.1 Å². The lowest BCUT2D eigenvalue weighted by Gasteiger charge is -2.06. The average molecular weight is 352 g/mol. The van der Waals surface area contributed by atoms with E-state index >= 15 is 0 Å². The van der Waals surface area contributed by atoms with Crippen LogP contribution < -0.4 is 0 Å². The molecule has 0 saturated heterocycles. The van der Waals surface area contributed by atoms with Crippen LogP contribution in [0.2, 0.25) is 0 Å². The molecule has 0 radical (unpaired) electrons. The Morgan fingerprint density at radius 1 is 0.917 bits per heavy atom. The predicted molar refractivity (Wildman–Crippen MR) is 107 cm³/mol. The van der Waals surface area contributed by atoms with Gasteiger partial charge in [0.1, 0.15) is 11.1 Å². The van der Waals surface area contributed by atoms with E-state index in [9.17, 15) is 5.11 Å². The lowest BCUT2D eigenvalue weighted by Crippen LogP contribution is -1.96. The van der Waals surface area contributed by atoms with E-state index in [0.29, 0.717) is 0 Å². The smallest absolute Gasteiger partial charge is 0.121 e. The van der Waals surface area contributed by atoms with Gasteiger partial charge in [0, 0.05) is 11.6 Å². The third kappa shape index (κ3) is 11.8. The van der Waals surface area contributed by atoms with Crippen molar-refractivity contribution in [1.29, 1.82) is 0 Å². The molecule has 138 valence electrons. The Bertz CT molecular complexity index is 389. The second-order valence-corrected chi connectivity index (χ2v) is 7.69. The molecule has 1 aromatic rings. The third-order valence-corrected chi connectivity index (χ3v) is 5.35. The quantitative estimate of drug-likeness (QED) is 0.252. The van der Waals surface area contributed by atoms with E-state index in [1.807, 2.05) is 5.38 Å². The molecule has 1 aromatic heterocycles. The van der Waals surface area contributed by atoms with E-state index in [2.05, 4.69) is 24.1 Å². The van der Waals surface area contributed by atoms with Crippen molar-refractivity contribution in [2.75, 3.05) is 0 Å². The fourth-order valence-corrected chi connectivity index (χ4v) is 3.59. The number of aromatic nitrogens is 1. The molecule has 1 heterocycles. The summed E-state index contributed by atoms with van der Waals surface area (Å²) in [7, 11) is 0. The van der Waals surface area contributed by atoms with Gasteiger partial charge in [0.05, 0.1) is 0 Å². The standard InChI is InChI=1S/C21H37NOS/c1-2-3-4-5-6-7-8-9-10-11-12-13-14-15-16-17-20(23)21-22-18-19-24-21/h9-10,18-20,23H,2-8,11-17H2,1H3/b10-9-. The van der Waals surface area contributed by atoms with Gasteiger partial charge >= 0.3 is 0 Å². The van der Waals surface area contributed by atoms with Crippen LogP contribution in [0.25, 0.3) is 0 Å². The van der Waals surface area contributed by atoms with Crippen LogP contribution in [0.4, 0.5) is 0 Å². The van der Waals surface area contributed by atoms with Gasteiger partial charge in [-0.25, -0.2) is 4.98 Å². The van der Waals surface area contributed by atoms with Crippen LogP contribution >= 0.6 is 11.3 Å². The number of nitrogens with zero attached hydrogens (tertiary/aromatic N) is 1. The number of aliphatic hydroxyl groups is 1. The second-order valence-electron chi connectivity index (χ2n) is 6.76. The molecule has 0 aliphatic rings.